The molecule has 1 aromatic rings. The fraction of sp³-hybridized carbons (Fsp3) is 0.143. The van der Waals surface area contributed by atoms with Gasteiger partial charge in [0.1, 0.15) is 5.69 Å². The second-order valence-corrected chi connectivity index (χ2v) is 2.16. The van der Waals surface area contributed by atoms with Crippen molar-refractivity contribution in [1.82, 2.24) is 4.98 Å². The van der Waals surface area contributed by atoms with Crippen LogP contribution in [-0.4, -0.2) is 11.3 Å². The molecule has 0 saturated carbocycles. The number of carbonyl (C=O) groups is 1. The zero-order valence-corrected chi connectivity index (χ0v) is 6.07. The standard InChI is InChI=1S/C7H4F3NO/c1-3-5(8)4(2-12)11-7(10)6(3)9/h2H,1H3. The zero-order valence-electron chi connectivity index (χ0n) is 6.07. The highest BCUT2D eigenvalue weighted by atomic mass is 19.2. The highest BCUT2D eigenvalue weighted by molar-refractivity contribution is 5.72. The van der Waals surface area contributed by atoms with E-state index in [4.69, 9.17) is 0 Å². The van der Waals surface area contributed by atoms with Crippen LogP contribution < -0.4 is 0 Å². The summed E-state index contributed by atoms with van der Waals surface area (Å²) in [7, 11) is 0. The van der Waals surface area contributed by atoms with E-state index >= 15 is 0 Å². The fourth-order valence-electron chi connectivity index (χ4n) is 0.725. The molecule has 12 heavy (non-hydrogen) atoms. The molecule has 0 N–H and O–H groups in total. The molecule has 0 amide bonds. The number of hydrogen-bond acceptors (Lipinski definition) is 2. The third-order valence-corrected chi connectivity index (χ3v) is 1.39. The van der Waals surface area contributed by atoms with Gasteiger partial charge in [-0.15, -0.1) is 0 Å². The monoisotopic (exact) mass is 175 g/mol. The molecule has 5 heteroatoms. The van der Waals surface area contributed by atoms with E-state index in [1.807, 2.05) is 0 Å². The summed E-state index contributed by atoms with van der Waals surface area (Å²) in [6.45, 7) is 1.03. The van der Waals surface area contributed by atoms with Crippen LogP contribution in [0.15, 0.2) is 0 Å². The number of halogens is 3. The number of pyridine rings is 1. The number of aldehydes is 1. The van der Waals surface area contributed by atoms with Gasteiger partial charge < -0.3 is 0 Å². The van der Waals surface area contributed by atoms with Crippen molar-refractivity contribution in [3.05, 3.63) is 28.8 Å². The highest BCUT2D eigenvalue weighted by Gasteiger charge is 2.15. The first kappa shape index (κ1) is 8.70. The van der Waals surface area contributed by atoms with E-state index in [1.54, 1.807) is 0 Å². The van der Waals surface area contributed by atoms with Gasteiger partial charge in [-0.2, -0.15) is 4.39 Å². The Bertz CT molecular complexity index is 338. The first-order valence-corrected chi connectivity index (χ1v) is 3.04. The Morgan fingerprint density at radius 1 is 1.25 bits per heavy atom. The van der Waals surface area contributed by atoms with E-state index < -0.39 is 28.8 Å². The summed E-state index contributed by atoms with van der Waals surface area (Å²) in [5.74, 6) is -3.95. The first-order chi connectivity index (χ1) is 5.57. The maximum absolute atomic E-state index is 12.7. The predicted molar refractivity (Wildman–Crippen MR) is 34.2 cm³/mol. The second kappa shape index (κ2) is 2.92. The van der Waals surface area contributed by atoms with Crippen molar-refractivity contribution in [2.24, 2.45) is 0 Å². The molecule has 1 heterocycles. The van der Waals surface area contributed by atoms with Gasteiger partial charge in [-0.25, -0.2) is 13.8 Å². The number of rotatable bonds is 1. The minimum Gasteiger partial charge on any atom is -0.296 e. The molecule has 64 valence electrons. The molecule has 0 aliphatic heterocycles. The largest absolute Gasteiger partial charge is 0.296 e. The van der Waals surface area contributed by atoms with Gasteiger partial charge in [-0.1, -0.05) is 0 Å². The van der Waals surface area contributed by atoms with Crippen molar-refractivity contribution >= 4 is 6.29 Å². The van der Waals surface area contributed by atoms with Crippen LogP contribution in [0.3, 0.4) is 0 Å². The lowest BCUT2D eigenvalue weighted by Gasteiger charge is -2.00. The van der Waals surface area contributed by atoms with Gasteiger partial charge in [0.25, 0.3) is 0 Å². The lowest BCUT2D eigenvalue weighted by Crippen LogP contribution is -2.03. The Morgan fingerprint density at radius 3 is 2.33 bits per heavy atom. The minimum atomic E-state index is -1.46. The van der Waals surface area contributed by atoms with Crippen LogP contribution >= 0.6 is 0 Å². The van der Waals surface area contributed by atoms with Crippen LogP contribution in [0, 0.1) is 24.5 Å². The normalized spacial score (nSPS) is 10.0. The molecule has 0 spiro atoms. The molecule has 0 unspecified atom stereocenters. The Labute approximate surface area is 66.0 Å². The Kier molecular flexibility index (Phi) is 2.12. The van der Waals surface area contributed by atoms with Crippen molar-refractivity contribution in [3.63, 3.8) is 0 Å². The Hall–Kier alpha value is -1.39. The van der Waals surface area contributed by atoms with E-state index in [2.05, 4.69) is 4.98 Å². The van der Waals surface area contributed by atoms with Crippen molar-refractivity contribution in [1.29, 1.82) is 0 Å². The number of hydrogen-bond donors (Lipinski definition) is 0. The van der Waals surface area contributed by atoms with Gasteiger partial charge >= 0.3 is 0 Å². The zero-order chi connectivity index (χ0) is 9.30. The van der Waals surface area contributed by atoms with Crippen LogP contribution in [0.1, 0.15) is 16.1 Å². The fourth-order valence-corrected chi connectivity index (χ4v) is 0.725. The molecular formula is C7H4F3NO. The molecule has 0 saturated heterocycles. The smallest absolute Gasteiger partial charge is 0.250 e. The molecule has 2 nitrogen and oxygen atoms in total. The van der Waals surface area contributed by atoms with Gasteiger partial charge in [0.15, 0.2) is 17.9 Å². The van der Waals surface area contributed by atoms with Crippen LogP contribution in [0.4, 0.5) is 13.2 Å². The molecule has 0 bridgehead atoms. The van der Waals surface area contributed by atoms with E-state index in [-0.39, 0.29) is 6.29 Å². The van der Waals surface area contributed by atoms with Crippen molar-refractivity contribution < 1.29 is 18.0 Å². The molecule has 1 aromatic heterocycles. The highest BCUT2D eigenvalue weighted by Crippen LogP contribution is 2.14. The first-order valence-electron chi connectivity index (χ1n) is 3.04. The summed E-state index contributed by atoms with van der Waals surface area (Å²) in [4.78, 5) is 12.8. The Balaban J connectivity index is 3.49. The third-order valence-electron chi connectivity index (χ3n) is 1.39. The molecule has 0 fully saturated rings. The maximum Gasteiger partial charge on any atom is 0.250 e. The van der Waals surface area contributed by atoms with Crippen LogP contribution in [0.25, 0.3) is 0 Å². The quantitative estimate of drug-likeness (QED) is 0.479. The van der Waals surface area contributed by atoms with E-state index in [9.17, 15) is 18.0 Å². The van der Waals surface area contributed by atoms with E-state index in [0.717, 1.165) is 6.92 Å². The van der Waals surface area contributed by atoms with Crippen molar-refractivity contribution in [2.75, 3.05) is 0 Å². The van der Waals surface area contributed by atoms with Crippen LogP contribution in [0.5, 0.6) is 0 Å². The lowest BCUT2D eigenvalue weighted by atomic mass is 10.2. The van der Waals surface area contributed by atoms with Gasteiger partial charge in [0, 0.05) is 5.56 Å². The number of carbonyl (C=O) groups excluding carboxylic acids is 1. The van der Waals surface area contributed by atoms with Crippen molar-refractivity contribution in [2.45, 2.75) is 6.92 Å². The van der Waals surface area contributed by atoms with Crippen LogP contribution in [-0.2, 0) is 0 Å². The third kappa shape index (κ3) is 1.17. The maximum atomic E-state index is 12.7. The topological polar surface area (TPSA) is 30.0 Å². The molecule has 0 aromatic carbocycles. The summed E-state index contributed by atoms with van der Waals surface area (Å²) in [5, 5.41) is 0. The summed E-state index contributed by atoms with van der Waals surface area (Å²) in [6, 6.07) is 0. The summed E-state index contributed by atoms with van der Waals surface area (Å²) < 4.78 is 37.7. The molecule has 1 rings (SSSR count). The summed E-state index contributed by atoms with van der Waals surface area (Å²) in [6.07, 6.45) is 0.0326. The van der Waals surface area contributed by atoms with Crippen LogP contribution in [0.2, 0.25) is 0 Å². The number of aromatic nitrogens is 1. The van der Waals surface area contributed by atoms with E-state index in [0.29, 0.717) is 0 Å². The lowest BCUT2D eigenvalue weighted by molar-refractivity contribution is 0.111. The van der Waals surface area contributed by atoms with Gasteiger partial charge in [-0.3, -0.25) is 4.79 Å². The van der Waals surface area contributed by atoms with Gasteiger partial charge in [0.2, 0.25) is 5.95 Å². The number of nitrogens with zero attached hydrogens (tertiary/aromatic N) is 1. The minimum absolute atomic E-state index is 0.0326. The summed E-state index contributed by atoms with van der Waals surface area (Å²) >= 11 is 0. The average Bonchev–Trinajstić information content (AvgIpc) is 2.08. The van der Waals surface area contributed by atoms with E-state index in [1.165, 1.54) is 0 Å². The SMILES string of the molecule is Cc1c(F)c(F)nc(C=O)c1F. The summed E-state index contributed by atoms with van der Waals surface area (Å²) in [5.41, 5.74) is -1.25. The predicted octanol–water partition coefficient (Wildman–Crippen LogP) is 1.62. The average molecular weight is 175 g/mol. The molecule has 0 aliphatic rings. The van der Waals surface area contributed by atoms with Gasteiger partial charge in [0.05, 0.1) is 0 Å². The molecule has 0 atom stereocenters. The second-order valence-electron chi connectivity index (χ2n) is 2.16. The molecular weight excluding hydrogens is 171 g/mol. The Morgan fingerprint density at radius 2 is 1.83 bits per heavy atom. The van der Waals surface area contributed by atoms with Gasteiger partial charge in [-0.05, 0) is 6.92 Å². The molecule has 0 aliphatic carbocycles. The van der Waals surface area contributed by atoms with Crippen molar-refractivity contribution in [3.8, 4) is 0 Å². The molecule has 0 radical (unpaired) electrons.